The number of rotatable bonds is 17. The minimum atomic E-state index is -1.35. The molecule has 2 aromatic carbocycles. The maximum absolute atomic E-state index is 11.5. The number of nitrogens with zero attached hydrogens (tertiary/aromatic N) is 10. The van der Waals surface area contributed by atoms with Gasteiger partial charge in [0.05, 0.1) is 71.6 Å². The van der Waals surface area contributed by atoms with Crippen LogP contribution in [0, 0.1) is 0 Å². The van der Waals surface area contributed by atoms with E-state index in [2.05, 4.69) is 40.4 Å². The van der Waals surface area contributed by atoms with Gasteiger partial charge in [0.1, 0.15) is 0 Å². The third-order valence-corrected chi connectivity index (χ3v) is 7.85. The van der Waals surface area contributed by atoms with Crippen molar-refractivity contribution in [2.75, 3.05) is 13.1 Å². The van der Waals surface area contributed by atoms with Crippen LogP contribution in [0.25, 0.3) is 0 Å². The zero-order valence-electron chi connectivity index (χ0n) is 27.5. The molecule has 0 aliphatic carbocycles. The van der Waals surface area contributed by atoms with Crippen LogP contribution in [0.15, 0.2) is 109 Å². The minimum absolute atomic E-state index is 0. The molecule has 0 bridgehead atoms. The summed E-state index contributed by atoms with van der Waals surface area (Å²) >= 11 is 0. The fraction of sp³-hybridized carbons (Fsp3) is 0.222. The van der Waals surface area contributed by atoms with Crippen molar-refractivity contribution in [1.29, 1.82) is 0 Å². The summed E-state index contributed by atoms with van der Waals surface area (Å²) in [6, 6.07) is 29.5. The number of hydrogen-bond acceptors (Lipinski definition) is 12. The van der Waals surface area contributed by atoms with Crippen molar-refractivity contribution in [1.82, 2.24) is 49.8 Å². The van der Waals surface area contributed by atoms with Crippen molar-refractivity contribution < 1.29 is 36.9 Å². The van der Waals surface area contributed by atoms with Gasteiger partial charge in [-0.2, -0.15) is 0 Å². The van der Waals surface area contributed by atoms with E-state index in [1.165, 1.54) is 12.1 Å². The Morgan fingerprint density at radius 2 is 0.922 bits per heavy atom. The summed E-state index contributed by atoms with van der Waals surface area (Å²) in [7, 11) is 0. The molecule has 0 aliphatic rings. The van der Waals surface area contributed by atoms with Gasteiger partial charge >= 0.3 is 17.1 Å². The topological polar surface area (TPSA) is 174 Å². The van der Waals surface area contributed by atoms with Crippen LogP contribution in [0.2, 0.25) is 0 Å². The van der Waals surface area contributed by atoms with Gasteiger partial charge in [-0.1, -0.05) is 83.2 Å². The number of aromatic carboxylic acids is 2. The predicted octanol–water partition coefficient (Wildman–Crippen LogP) is 1.19. The second kappa shape index (κ2) is 17.9. The van der Waals surface area contributed by atoms with Gasteiger partial charge in [-0.15, -0.1) is 10.2 Å². The van der Waals surface area contributed by atoms with Crippen LogP contribution in [-0.4, -0.2) is 74.8 Å². The van der Waals surface area contributed by atoms with Crippen LogP contribution in [0.5, 0.6) is 0 Å². The first-order valence-electron chi connectivity index (χ1n) is 16.0. The van der Waals surface area contributed by atoms with E-state index in [4.69, 9.17) is 0 Å². The molecule has 0 amide bonds. The molecule has 0 fully saturated rings. The Morgan fingerprint density at radius 1 is 0.529 bits per heavy atom. The number of carboxylic acids is 2. The second-order valence-corrected chi connectivity index (χ2v) is 11.8. The van der Waals surface area contributed by atoms with Gasteiger partial charge in [0.25, 0.3) is 0 Å². The van der Waals surface area contributed by atoms with Gasteiger partial charge in [0, 0.05) is 39.3 Å². The monoisotopic (exact) mass is 733 g/mol. The number of benzene rings is 2. The zero-order chi connectivity index (χ0) is 34.7. The van der Waals surface area contributed by atoms with Gasteiger partial charge in [0.2, 0.25) is 0 Å². The van der Waals surface area contributed by atoms with Gasteiger partial charge in [-0.05, 0) is 35.4 Å². The Hall–Kier alpha value is -5.60. The molecule has 0 atom stereocenters. The summed E-state index contributed by atoms with van der Waals surface area (Å²) in [5, 5.41) is 40.5. The summed E-state index contributed by atoms with van der Waals surface area (Å²) in [6.07, 6.45) is 3.78. The van der Waals surface area contributed by atoms with Gasteiger partial charge in [-0.25, -0.2) is 9.36 Å². The van der Waals surface area contributed by atoms with E-state index >= 15 is 0 Å². The zero-order valence-corrected chi connectivity index (χ0v) is 28.4. The fourth-order valence-corrected chi connectivity index (χ4v) is 5.51. The number of pyridine rings is 2. The third-order valence-electron chi connectivity index (χ3n) is 7.85. The van der Waals surface area contributed by atoms with E-state index in [1.807, 2.05) is 73.1 Å². The van der Waals surface area contributed by atoms with E-state index in [0.29, 0.717) is 63.7 Å². The molecule has 263 valence electrons. The maximum Gasteiger partial charge on any atom is 2.00 e. The van der Waals surface area contributed by atoms with E-state index in [9.17, 15) is 19.8 Å². The van der Waals surface area contributed by atoms with Crippen molar-refractivity contribution in [3.8, 4) is 0 Å². The molecule has 51 heavy (non-hydrogen) atoms. The molecule has 0 N–H and O–H groups in total. The Kier molecular flexibility index (Phi) is 12.9. The molecule has 6 rings (SSSR count). The molecular formula is C36H34CuN10O4. The van der Waals surface area contributed by atoms with Crippen LogP contribution in [0.1, 0.15) is 54.9 Å². The van der Waals surface area contributed by atoms with Crippen LogP contribution < -0.4 is 10.2 Å². The molecule has 0 unspecified atom stereocenters. The summed E-state index contributed by atoms with van der Waals surface area (Å²) < 4.78 is 3.55. The Bertz CT molecular complexity index is 1880. The van der Waals surface area contributed by atoms with Gasteiger partial charge in [0.15, 0.2) is 0 Å². The van der Waals surface area contributed by atoms with Crippen LogP contribution in [0.3, 0.4) is 0 Å². The number of carboxylic acid groups (broad SMARTS) is 2. The van der Waals surface area contributed by atoms with E-state index in [-0.39, 0.29) is 28.5 Å². The average Bonchev–Trinajstić information content (AvgIpc) is 3.76. The van der Waals surface area contributed by atoms with E-state index in [1.54, 1.807) is 33.6 Å². The second-order valence-electron chi connectivity index (χ2n) is 11.8. The molecule has 0 saturated heterocycles. The molecule has 14 nitrogen and oxygen atoms in total. The fourth-order valence-electron chi connectivity index (χ4n) is 5.51. The largest absolute Gasteiger partial charge is 2.00 e. The van der Waals surface area contributed by atoms with E-state index in [0.717, 1.165) is 22.5 Å². The van der Waals surface area contributed by atoms with Crippen LogP contribution >= 0.6 is 0 Å². The van der Waals surface area contributed by atoms with Crippen LogP contribution in [-0.2, 0) is 56.3 Å². The molecule has 15 heteroatoms. The first kappa shape index (κ1) is 36.7. The average molecular weight is 734 g/mol. The Balaban J connectivity index is 0.00000504. The van der Waals surface area contributed by atoms with Gasteiger partial charge in [-0.3, -0.25) is 19.8 Å². The van der Waals surface area contributed by atoms with Crippen molar-refractivity contribution in [3.05, 3.63) is 155 Å². The molecule has 0 saturated carbocycles. The number of hydrogen-bond donors (Lipinski definition) is 0. The smallest absolute Gasteiger partial charge is 0.543 e. The van der Waals surface area contributed by atoms with E-state index < -0.39 is 11.9 Å². The Morgan fingerprint density at radius 3 is 1.31 bits per heavy atom. The normalized spacial score (nSPS) is 11.1. The van der Waals surface area contributed by atoms with Crippen molar-refractivity contribution >= 4 is 11.9 Å². The summed E-state index contributed by atoms with van der Waals surface area (Å²) in [5.74, 6) is -2.69. The summed E-state index contributed by atoms with van der Waals surface area (Å²) in [5.41, 5.74) is 4.48. The number of carbonyl (C=O) groups is 2. The summed E-state index contributed by atoms with van der Waals surface area (Å²) in [4.78, 5) is 35.9. The van der Waals surface area contributed by atoms with Crippen LogP contribution in [0.4, 0.5) is 0 Å². The number of aromatic nitrogens is 8. The molecule has 4 aromatic heterocycles. The molecule has 4 heterocycles. The Labute approximate surface area is 304 Å². The molecule has 0 spiro atoms. The van der Waals surface area contributed by atoms with Crippen molar-refractivity contribution in [2.24, 2.45) is 0 Å². The molecule has 0 aliphatic heterocycles. The minimum Gasteiger partial charge on any atom is -0.543 e. The third kappa shape index (κ3) is 10.9. The summed E-state index contributed by atoms with van der Waals surface area (Å²) in [6.45, 7) is 3.61. The quantitative estimate of drug-likeness (QED) is 0.123. The number of carbonyl (C=O) groups excluding carboxylic acids is 2. The first-order valence-corrected chi connectivity index (χ1v) is 16.0. The molecule has 6 aromatic rings. The predicted molar refractivity (Wildman–Crippen MR) is 176 cm³/mol. The first-order chi connectivity index (χ1) is 24.4. The standard InChI is InChI=1S/C36H36N10O4.Cu/c47-35(48)33-15-7-13-29(37-33)21-43(23-31-25-45(41-39-31)19-27-9-3-1-4-10-27)17-18-44(22-30-14-8-16-34(38-30)36(49)50)24-32-26-46(42-40-32)20-28-11-5-2-6-12-28;/h1-16,25-26H,17-24H2,(H,47,48)(H,49,50);/q;+2/p-2. The molecular weight excluding hydrogens is 700 g/mol. The molecule has 1 radical (unpaired) electrons. The van der Waals surface area contributed by atoms with Crippen molar-refractivity contribution in [3.63, 3.8) is 0 Å². The van der Waals surface area contributed by atoms with Crippen molar-refractivity contribution in [2.45, 2.75) is 39.3 Å². The maximum atomic E-state index is 11.5. The SMILES string of the molecule is O=C([O-])c1cccc(CN(CCN(Cc2cn(Cc3ccccc3)nn2)Cc2cccc(C(=O)[O-])n2)Cc2cn(Cc3ccccc3)nn2)n1.[Cu+2]. The van der Waals surface area contributed by atoms with Gasteiger partial charge < -0.3 is 19.8 Å².